The van der Waals surface area contributed by atoms with Crippen molar-refractivity contribution in [3.63, 3.8) is 0 Å². The van der Waals surface area contributed by atoms with E-state index in [9.17, 15) is 9.18 Å². The molecule has 2 atom stereocenters. The summed E-state index contributed by atoms with van der Waals surface area (Å²) in [5.41, 5.74) is 3.96. The fourth-order valence-corrected chi connectivity index (χ4v) is 4.77. The lowest BCUT2D eigenvalue weighted by Gasteiger charge is -2.38. The number of hydrogen-bond acceptors (Lipinski definition) is 4. The minimum Gasteiger partial charge on any atom is -0.376 e. The molecule has 0 saturated carbocycles. The number of morpholine rings is 1. The number of benzene rings is 2. The average molecular weight is 485 g/mol. The largest absolute Gasteiger partial charge is 0.376 e. The Balaban J connectivity index is 1.51. The van der Waals surface area contributed by atoms with Gasteiger partial charge < -0.3 is 10.1 Å². The third-order valence-electron chi connectivity index (χ3n) is 6.13. The van der Waals surface area contributed by atoms with Crippen molar-refractivity contribution in [2.24, 2.45) is 0 Å². The zero-order valence-electron chi connectivity index (χ0n) is 19.7. The van der Waals surface area contributed by atoms with Gasteiger partial charge >= 0.3 is 0 Å². The lowest BCUT2D eigenvalue weighted by molar-refractivity contribution is -0.0346. The lowest BCUT2D eigenvalue weighted by Crippen LogP contribution is -2.47. The summed E-state index contributed by atoms with van der Waals surface area (Å²) < 4.78 is 22.4. The van der Waals surface area contributed by atoms with Crippen LogP contribution in [0.15, 0.2) is 48.5 Å². The van der Waals surface area contributed by atoms with Crippen molar-refractivity contribution < 1.29 is 13.9 Å². The topological polar surface area (TPSA) is 59.4 Å². The molecule has 2 unspecified atom stereocenters. The summed E-state index contributed by atoms with van der Waals surface area (Å²) >= 11 is 6.41. The molecular formula is C26H30ClFN4O2. The Morgan fingerprint density at radius 3 is 2.76 bits per heavy atom. The fourth-order valence-electron chi connectivity index (χ4n) is 4.48. The fraction of sp³-hybridized carbons (Fsp3) is 0.385. The summed E-state index contributed by atoms with van der Waals surface area (Å²) in [6.07, 6.45) is 0.0172. The molecule has 1 aromatic heterocycles. The van der Waals surface area contributed by atoms with Crippen LogP contribution in [0.4, 0.5) is 4.39 Å². The van der Waals surface area contributed by atoms with E-state index < -0.39 is 6.04 Å². The molecule has 1 fully saturated rings. The standard InChI is InChI=1S/C26H30ClFN4O2/c1-17-12-18(2)32(30-17)16-20-6-4-7-21(13-20)26(33)29-14-24(31-10-11-34-19(3)15-31)25-22(27)8-5-9-23(25)28/h4-9,12-13,19,24H,10-11,14-16H2,1-3H3,(H,29,33). The van der Waals surface area contributed by atoms with E-state index in [0.29, 0.717) is 42.4 Å². The van der Waals surface area contributed by atoms with Gasteiger partial charge in [-0.2, -0.15) is 5.10 Å². The first-order chi connectivity index (χ1) is 16.3. The SMILES string of the molecule is Cc1cc(C)n(Cc2cccc(C(=O)NCC(c3c(F)cccc3Cl)N3CCOC(C)C3)c2)n1. The van der Waals surface area contributed by atoms with Gasteiger partial charge in [-0.15, -0.1) is 0 Å². The van der Waals surface area contributed by atoms with Gasteiger partial charge in [-0.25, -0.2) is 4.39 Å². The van der Waals surface area contributed by atoms with E-state index in [0.717, 1.165) is 17.0 Å². The number of hydrogen-bond donors (Lipinski definition) is 1. The van der Waals surface area contributed by atoms with E-state index in [2.05, 4.69) is 15.3 Å². The molecule has 3 aromatic rings. The number of amides is 1. The first-order valence-corrected chi connectivity index (χ1v) is 11.9. The van der Waals surface area contributed by atoms with Crippen LogP contribution in [0.5, 0.6) is 0 Å². The van der Waals surface area contributed by atoms with Crippen LogP contribution in [-0.4, -0.2) is 52.9 Å². The van der Waals surface area contributed by atoms with Gasteiger partial charge in [-0.1, -0.05) is 29.8 Å². The molecule has 1 aliphatic heterocycles. The van der Waals surface area contributed by atoms with E-state index in [-0.39, 0.29) is 24.4 Å². The van der Waals surface area contributed by atoms with E-state index in [1.807, 2.05) is 49.7 Å². The minimum absolute atomic E-state index is 0.0172. The number of nitrogens with zero attached hydrogens (tertiary/aromatic N) is 3. The van der Waals surface area contributed by atoms with E-state index in [1.54, 1.807) is 18.2 Å². The first kappa shape index (κ1) is 24.4. The highest BCUT2D eigenvalue weighted by Crippen LogP contribution is 2.31. The molecule has 34 heavy (non-hydrogen) atoms. The number of halogens is 2. The summed E-state index contributed by atoms with van der Waals surface area (Å²) in [4.78, 5) is 15.2. The molecule has 8 heteroatoms. The highest BCUT2D eigenvalue weighted by atomic mass is 35.5. The monoisotopic (exact) mass is 484 g/mol. The Labute approximate surface area is 204 Å². The summed E-state index contributed by atoms with van der Waals surface area (Å²) in [6, 6.07) is 13.8. The lowest BCUT2D eigenvalue weighted by atomic mass is 10.0. The summed E-state index contributed by atoms with van der Waals surface area (Å²) in [6.45, 7) is 8.58. The smallest absolute Gasteiger partial charge is 0.251 e. The van der Waals surface area contributed by atoms with E-state index in [1.165, 1.54) is 6.07 Å². The van der Waals surface area contributed by atoms with Gasteiger partial charge in [0.1, 0.15) is 5.82 Å². The second-order valence-electron chi connectivity index (χ2n) is 8.82. The molecule has 0 spiro atoms. The molecule has 1 N–H and O–H groups in total. The Morgan fingerprint density at radius 2 is 2.06 bits per heavy atom. The molecule has 0 radical (unpaired) electrons. The van der Waals surface area contributed by atoms with Crippen LogP contribution in [0.3, 0.4) is 0 Å². The van der Waals surface area contributed by atoms with Crippen molar-refractivity contribution in [2.75, 3.05) is 26.2 Å². The first-order valence-electron chi connectivity index (χ1n) is 11.5. The second kappa shape index (κ2) is 10.7. The Kier molecular flexibility index (Phi) is 7.66. The maximum absolute atomic E-state index is 14.8. The van der Waals surface area contributed by atoms with E-state index in [4.69, 9.17) is 16.3 Å². The van der Waals surface area contributed by atoms with Crippen LogP contribution in [0.25, 0.3) is 0 Å². The Bertz CT molecular complexity index is 1150. The number of aromatic nitrogens is 2. The van der Waals surface area contributed by atoms with E-state index >= 15 is 0 Å². The molecule has 2 heterocycles. The molecule has 4 rings (SSSR count). The van der Waals surface area contributed by atoms with Gasteiger partial charge in [0.05, 0.1) is 31.0 Å². The predicted molar refractivity (Wildman–Crippen MR) is 131 cm³/mol. The van der Waals surface area contributed by atoms with Crippen molar-refractivity contribution in [1.29, 1.82) is 0 Å². The van der Waals surface area contributed by atoms with Crippen LogP contribution in [0, 0.1) is 19.7 Å². The number of ether oxygens (including phenoxy) is 1. The van der Waals surface area contributed by atoms with Crippen LogP contribution in [0.1, 0.15) is 45.8 Å². The van der Waals surface area contributed by atoms with Gasteiger partial charge in [0.15, 0.2) is 0 Å². The molecule has 6 nitrogen and oxygen atoms in total. The summed E-state index contributed by atoms with van der Waals surface area (Å²) in [5, 5.41) is 7.85. The molecule has 2 aromatic carbocycles. The van der Waals surface area contributed by atoms with Crippen molar-refractivity contribution in [3.8, 4) is 0 Å². The van der Waals surface area contributed by atoms with Gasteiger partial charge in [-0.05, 0) is 56.7 Å². The maximum Gasteiger partial charge on any atom is 0.251 e. The summed E-state index contributed by atoms with van der Waals surface area (Å²) in [5.74, 6) is -0.591. The third kappa shape index (κ3) is 5.66. The molecule has 0 bridgehead atoms. The zero-order valence-corrected chi connectivity index (χ0v) is 20.5. The van der Waals surface area contributed by atoms with Gasteiger partial charge in [0, 0.05) is 41.5 Å². The minimum atomic E-state index is -0.401. The van der Waals surface area contributed by atoms with Gasteiger partial charge in [0.25, 0.3) is 5.91 Å². The highest BCUT2D eigenvalue weighted by molar-refractivity contribution is 6.31. The molecule has 1 saturated heterocycles. The van der Waals surface area contributed by atoms with Crippen LogP contribution in [-0.2, 0) is 11.3 Å². The van der Waals surface area contributed by atoms with Crippen molar-refractivity contribution in [2.45, 2.75) is 39.5 Å². The van der Waals surface area contributed by atoms with Gasteiger partial charge in [-0.3, -0.25) is 14.4 Å². The van der Waals surface area contributed by atoms with Crippen molar-refractivity contribution in [3.05, 3.63) is 87.4 Å². The van der Waals surface area contributed by atoms with Gasteiger partial charge in [0.2, 0.25) is 0 Å². The van der Waals surface area contributed by atoms with Crippen molar-refractivity contribution >= 4 is 17.5 Å². The number of rotatable bonds is 7. The van der Waals surface area contributed by atoms with Crippen LogP contribution < -0.4 is 5.32 Å². The Morgan fingerprint density at radius 1 is 1.26 bits per heavy atom. The Hall–Kier alpha value is -2.74. The van der Waals surface area contributed by atoms with Crippen LogP contribution in [0.2, 0.25) is 5.02 Å². The molecule has 1 amide bonds. The predicted octanol–water partition coefficient (Wildman–Crippen LogP) is 4.53. The number of aryl methyl sites for hydroxylation is 2. The quantitative estimate of drug-likeness (QED) is 0.535. The summed E-state index contributed by atoms with van der Waals surface area (Å²) in [7, 11) is 0. The zero-order chi connectivity index (χ0) is 24.2. The second-order valence-corrected chi connectivity index (χ2v) is 9.23. The number of nitrogens with one attached hydrogen (secondary N) is 1. The highest BCUT2D eigenvalue weighted by Gasteiger charge is 2.29. The normalized spacial score (nSPS) is 17.5. The molecule has 0 aliphatic carbocycles. The number of carbonyl (C=O) groups excluding carboxylic acids is 1. The number of carbonyl (C=O) groups is 1. The molecular weight excluding hydrogens is 455 g/mol. The molecule has 180 valence electrons. The average Bonchev–Trinajstić information content (AvgIpc) is 3.12. The third-order valence-corrected chi connectivity index (χ3v) is 6.46. The van der Waals surface area contributed by atoms with Crippen LogP contribution >= 0.6 is 11.6 Å². The maximum atomic E-state index is 14.8. The molecule has 1 aliphatic rings. The van der Waals surface area contributed by atoms with Crippen molar-refractivity contribution in [1.82, 2.24) is 20.0 Å².